The van der Waals surface area contributed by atoms with E-state index >= 15 is 0 Å². The third-order valence-corrected chi connectivity index (χ3v) is 3.75. The first-order valence-corrected chi connectivity index (χ1v) is 7.91. The molecule has 1 aliphatic heterocycles. The summed E-state index contributed by atoms with van der Waals surface area (Å²) in [4.78, 5) is 2.59. The van der Waals surface area contributed by atoms with Gasteiger partial charge in [-0.2, -0.15) is 0 Å². The highest BCUT2D eigenvalue weighted by molar-refractivity contribution is 4.84. The fraction of sp³-hybridized carbons (Fsp3) is 1.00. The minimum Gasteiger partial charge on any atom is -0.378 e. The summed E-state index contributed by atoms with van der Waals surface area (Å²) >= 11 is 0. The zero-order chi connectivity index (χ0) is 14.1. The molecule has 1 rings (SSSR count). The van der Waals surface area contributed by atoms with E-state index in [2.05, 4.69) is 39.5 Å². The number of hydrogen-bond acceptors (Lipinski definition) is 2. The number of nitrogens with zero attached hydrogens (tertiary/aromatic N) is 1. The van der Waals surface area contributed by atoms with Gasteiger partial charge < -0.3 is 4.74 Å². The maximum absolute atomic E-state index is 6.00. The molecule has 0 saturated carbocycles. The Morgan fingerprint density at radius 3 is 2.00 bits per heavy atom. The van der Waals surface area contributed by atoms with Crippen molar-refractivity contribution in [3.05, 3.63) is 0 Å². The number of piperidine rings is 1. The molecule has 2 nitrogen and oxygen atoms in total. The van der Waals surface area contributed by atoms with Crippen LogP contribution in [0.4, 0.5) is 0 Å². The largest absolute Gasteiger partial charge is 0.378 e. The zero-order valence-corrected chi connectivity index (χ0v) is 13.7. The molecule has 1 unspecified atom stereocenters. The zero-order valence-electron chi connectivity index (χ0n) is 13.7. The van der Waals surface area contributed by atoms with Crippen LogP contribution < -0.4 is 0 Å². The van der Waals surface area contributed by atoms with Gasteiger partial charge in [-0.3, -0.25) is 4.90 Å². The molecule has 18 heavy (non-hydrogen) atoms. The van der Waals surface area contributed by atoms with Crippen molar-refractivity contribution in [1.82, 2.24) is 4.90 Å². The molecule has 0 spiro atoms. The number of rotatable bonds is 5. The molecule has 0 aromatic carbocycles. The minimum atomic E-state index is 0.492. The molecule has 3 atom stereocenters. The predicted octanol–water partition coefficient (Wildman–Crippen LogP) is 4.34. The van der Waals surface area contributed by atoms with Gasteiger partial charge in [0.25, 0.3) is 0 Å². The van der Waals surface area contributed by atoms with Crippen LogP contribution in [0.5, 0.6) is 0 Å². The summed E-state index contributed by atoms with van der Waals surface area (Å²) in [5, 5.41) is 0. The third-order valence-electron chi connectivity index (χ3n) is 3.75. The summed E-state index contributed by atoms with van der Waals surface area (Å²) in [6.45, 7) is 17.5. The SMILES string of the molecule is CC.CCN1[C@H](C)CC(OCCC(C)C)C[C@@H]1C. The van der Waals surface area contributed by atoms with E-state index in [-0.39, 0.29) is 0 Å². The number of hydrogen-bond donors (Lipinski definition) is 0. The molecule has 0 aromatic rings. The maximum Gasteiger partial charge on any atom is 0.0604 e. The lowest BCUT2D eigenvalue weighted by Crippen LogP contribution is -2.48. The second-order valence-corrected chi connectivity index (χ2v) is 5.68. The molecular formula is C16H35NO. The lowest BCUT2D eigenvalue weighted by molar-refractivity contribution is -0.0346. The fourth-order valence-electron chi connectivity index (χ4n) is 2.79. The van der Waals surface area contributed by atoms with Gasteiger partial charge in [0.1, 0.15) is 0 Å². The van der Waals surface area contributed by atoms with Gasteiger partial charge in [-0.15, -0.1) is 0 Å². The van der Waals surface area contributed by atoms with Crippen LogP contribution >= 0.6 is 0 Å². The van der Waals surface area contributed by atoms with E-state index in [0.29, 0.717) is 18.2 Å². The molecule has 0 amide bonds. The normalized spacial score (nSPS) is 29.0. The molecule has 0 bridgehead atoms. The van der Waals surface area contributed by atoms with E-state index in [0.717, 1.165) is 12.5 Å². The van der Waals surface area contributed by atoms with Crippen molar-refractivity contribution in [2.45, 2.75) is 85.9 Å². The average molecular weight is 257 g/mol. The van der Waals surface area contributed by atoms with Crippen LogP contribution in [0.25, 0.3) is 0 Å². The lowest BCUT2D eigenvalue weighted by atomic mass is 9.95. The first kappa shape index (κ1) is 17.9. The average Bonchev–Trinajstić information content (AvgIpc) is 2.31. The molecule has 1 fully saturated rings. The third kappa shape index (κ3) is 6.19. The molecule has 0 aliphatic carbocycles. The molecule has 110 valence electrons. The topological polar surface area (TPSA) is 12.5 Å². The van der Waals surface area contributed by atoms with Crippen LogP contribution in [0.2, 0.25) is 0 Å². The molecule has 1 aliphatic rings. The standard InChI is InChI=1S/C14H29NO.C2H6/c1-6-15-12(4)9-14(10-13(15)5)16-8-7-11(2)3;1-2/h11-14H,6-10H2,1-5H3;1-2H3/t12-,13+,14?;. The maximum atomic E-state index is 6.00. The molecule has 0 aromatic heterocycles. The summed E-state index contributed by atoms with van der Waals surface area (Å²) in [6.07, 6.45) is 4.09. The van der Waals surface area contributed by atoms with Crippen molar-refractivity contribution < 1.29 is 4.74 Å². The molecule has 1 heterocycles. The Hall–Kier alpha value is -0.0800. The second kappa shape index (κ2) is 9.80. The highest BCUT2D eigenvalue weighted by Gasteiger charge is 2.29. The van der Waals surface area contributed by atoms with Gasteiger partial charge in [0.05, 0.1) is 6.10 Å². The second-order valence-electron chi connectivity index (χ2n) is 5.68. The number of likely N-dealkylation sites (tertiary alicyclic amines) is 1. The van der Waals surface area contributed by atoms with Gasteiger partial charge in [-0.05, 0) is 45.6 Å². The minimum absolute atomic E-state index is 0.492. The smallest absolute Gasteiger partial charge is 0.0604 e. The Labute approximate surface area is 115 Å². The van der Waals surface area contributed by atoms with Crippen LogP contribution in [0.3, 0.4) is 0 Å². The van der Waals surface area contributed by atoms with Gasteiger partial charge in [-0.1, -0.05) is 34.6 Å². The Bertz CT molecular complexity index is 182. The predicted molar refractivity (Wildman–Crippen MR) is 81.1 cm³/mol. The summed E-state index contributed by atoms with van der Waals surface area (Å²) in [5.41, 5.74) is 0. The van der Waals surface area contributed by atoms with Crippen LogP contribution in [0.1, 0.15) is 67.7 Å². The summed E-state index contributed by atoms with van der Waals surface area (Å²) in [7, 11) is 0. The first-order valence-electron chi connectivity index (χ1n) is 7.91. The Morgan fingerprint density at radius 1 is 1.11 bits per heavy atom. The van der Waals surface area contributed by atoms with Crippen molar-refractivity contribution in [3.8, 4) is 0 Å². The Morgan fingerprint density at radius 2 is 1.61 bits per heavy atom. The van der Waals surface area contributed by atoms with E-state index in [9.17, 15) is 0 Å². The number of ether oxygens (including phenoxy) is 1. The summed E-state index contributed by atoms with van der Waals surface area (Å²) in [5.74, 6) is 0.755. The summed E-state index contributed by atoms with van der Waals surface area (Å²) < 4.78 is 6.00. The van der Waals surface area contributed by atoms with Crippen LogP contribution in [-0.4, -0.2) is 36.2 Å². The Balaban J connectivity index is 0.00000137. The van der Waals surface area contributed by atoms with Crippen LogP contribution in [-0.2, 0) is 4.74 Å². The molecule has 0 radical (unpaired) electrons. The van der Waals surface area contributed by atoms with Crippen LogP contribution in [0, 0.1) is 5.92 Å². The van der Waals surface area contributed by atoms with Gasteiger partial charge in [0.2, 0.25) is 0 Å². The molecular weight excluding hydrogens is 222 g/mol. The van der Waals surface area contributed by atoms with Gasteiger partial charge >= 0.3 is 0 Å². The van der Waals surface area contributed by atoms with E-state index < -0.39 is 0 Å². The van der Waals surface area contributed by atoms with E-state index in [1.54, 1.807) is 0 Å². The first-order chi connectivity index (χ1) is 8.54. The monoisotopic (exact) mass is 257 g/mol. The van der Waals surface area contributed by atoms with Crippen molar-refractivity contribution in [2.24, 2.45) is 5.92 Å². The summed E-state index contributed by atoms with van der Waals surface area (Å²) in [6, 6.07) is 1.36. The van der Waals surface area contributed by atoms with Crippen LogP contribution in [0.15, 0.2) is 0 Å². The molecule has 1 saturated heterocycles. The van der Waals surface area contributed by atoms with Crippen molar-refractivity contribution in [2.75, 3.05) is 13.2 Å². The Kier molecular flexibility index (Phi) is 9.76. The van der Waals surface area contributed by atoms with E-state index in [4.69, 9.17) is 4.74 Å². The highest BCUT2D eigenvalue weighted by atomic mass is 16.5. The highest BCUT2D eigenvalue weighted by Crippen LogP contribution is 2.24. The van der Waals surface area contributed by atoms with Gasteiger partial charge in [0, 0.05) is 18.7 Å². The molecule has 2 heteroatoms. The van der Waals surface area contributed by atoms with Gasteiger partial charge in [0.15, 0.2) is 0 Å². The van der Waals surface area contributed by atoms with Crippen molar-refractivity contribution >= 4 is 0 Å². The quantitative estimate of drug-likeness (QED) is 0.726. The van der Waals surface area contributed by atoms with E-state index in [1.165, 1.54) is 25.8 Å². The van der Waals surface area contributed by atoms with E-state index in [1.807, 2.05) is 13.8 Å². The van der Waals surface area contributed by atoms with Gasteiger partial charge in [-0.25, -0.2) is 0 Å². The molecule has 0 N–H and O–H groups in total. The van der Waals surface area contributed by atoms with Crippen molar-refractivity contribution in [1.29, 1.82) is 0 Å². The lowest BCUT2D eigenvalue weighted by Gasteiger charge is -2.42. The fourth-order valence-corrected chi connectivity index (χ4v) is 2.79. The van der Waals surface area contributed by atoms with Crippen molar-refractivity contribution in [3.63, 3.8) is 0 Å².